The van der Waals surface area contributed by atoms with Gasteiger partial charge in [0.25, 0.3) is 5.78 Å². The third kappa shape index (κ3) is 3.95. The Kier molecular flexibility index (Phi) is 3.94. The van der Waals surface area contributed by atoms with Gasteiger partial charge in [0.1, 0.15) is 6.42 Å². The molecule has 14 heavy (non-hydrogen) atoms. The molecule has 0 aliphatic rings. The second-order valence-electron chi connectivity index (χ2n) is 1.97. The minimum atomic E-state index is -2.01. The highest BCUT2D eigenvalue weighted by atomic mass is 16.6. The summed E-state index contributed by atoms with van der Waals surface area (Å²) in [7, 11) is 0. The Labute approximate surface area is 76.1 Å². The number of rotatable bonds is 3. The maximum atomic E-state index is 10.5. The van der Waals surface area contributed by atoms with Crippen molar-refractivity contribution in [3.05, 3.63) is 0 Å². The molecule has 0 aromatic rings. The summed E-state index contributed by atoms with van der Waals surface area (Å²) in [5, 5.41) is 16.0. The molecule has 0 fully saturated rings. The van der Waals surface area contributed by atoms with Crippen LogP contribution in [0, 0.1) is 0 Å². The molecule has 0 atom stereocenters. The van der Waals surface area contributed by atoms with E-state index < -0.39 is 36.1 Å². The second kappa shape index (κ2) is 4.70. The van der Waals surface area contributed by atoms with E-state index in [0.717, 1.165) is 0 Å². The van der Waals surface area contributed by atoms with Gasteiger partial charge >= 0.3 is 23.9 Å². The summed E-state index contributed by atoms with van der Waals surface area (Å²) in [4.78, 5) is 50.8. The molecule has 0 amide bonds. The first-order valence-corrected chi connectivity index (χ1v) is 3.08. The average molecular weight is 204 g/mol. The van der Waals surface area contributed by atoms with Crippen molar-refractivity contribution in [2.75, 3.05) is 0 Å². The van der Waals surface area contributed by atoms with Crippen LogP contribution in [-0.2, 0) is 28.7 Å². The Bertz CT molecular complexity index is 284. The fraction of sp³-hybridized carbons (Fsp3) is 0.167. The molecule has 0 unspecified atom stereocenters. The molecule has 0 saturated carbocycles. The topological polar surface area (TPSA) is 135 Å². The highest BCUT2D eigenvalue weighted by Gasteiger charge is 2.22. The van der Waals surface area contributed by atoms with Crippen molar-refractivity contribution in [2.24, 2.45) is 0 Å². The Balaban J connectivity index is 4.12. The third-order valence-electron chi connectivity index (χ3n) is 0.925. The van der Waals surface area contributed by atoms with Gasteiger partial charge in [0.2, 0.25) is 0 Å². The number of aliphatic carboxylic acids is 2. The molecule has 0 heterocycles. The van der Waals surface area contributed by atoms with E-state index in [2.05, 4.69) is 4.74 Å². The van der Waals surface area contributed by atoms with E-state index in [1.807, 2.05) is 0 Å². The third-order valence-corrected chi connectivity index (χ3v) is 0.925. The van der Waals surface area contributed by atoms with Gasteiger partial charge in [-0.3, -0.25) is 9.59 Å². The maximum Gasteiger partial charge on any atom is 0.424 e. The SMILES string of the molecule is O=C(CC(=O)C(=O)O)OC(=O)C(=O)O. The number of Topliss-reactive ketones (excluding diaryl/α,β-unsaturated/α-hetero) is 1. The molecule has 0 aromatic carbocycles. The number of hydrogen-bond donors (Lipinski definition) is 2. The first kappa shape index (κ1) is 11.8. The monoisotopic (exact) mass is 204 g/mol. The van der Waals surface area contributed by atoms with Crippen LogP contribution in [0.1, 0.15) is 6.42 Å². The summed E-state index contributed by atoms with van der Waals surface area (Å²) >= 11 is 0. The molecule has 0 radical (unpaired) electrons. The fourth-order valence-corrected chi connectivity index (χ4v) is 0.390. The van der Waals surface area contributed by atoms with Gasteiger partial charge in [0.15, 0.2) is 0 Å². The summed E-state index contributed by atoms with van der Waals surface area (Å²) in [5.41, 5.74) is 0. The lowest BCUT2D eigenvalue weighted by molar-refractivity contribution is -0.171. The molecule has 8 nitrogen and oxygen atoms in total. The molecule has 2 N–H and O–H groups in total. The van der Waals surface area contributed by atoms with Gasteiger partial charge < -0.3 is 14.9 Å². The van der Waals surface area contributed by atoms with Crippen LogP contribution in [0.5, 0.6) is 0 Å². The number of ketones is 1. The van der Waals surface area contributed by atoms with Gasteiger partial charge in [0.05, 0.1) is 0 Å². The number of carbonyl (C=O) groups is 5. The normalized spacial score (nSPS) is 8.86. The highest BCUT2D eigenvalue weighted by Crippen LogP contribution is 1.90. The Morgan fingerprint density at radius 3 is 1.79 bits per heavy atom. The summed E-state index contributed by atoms with van der Waals surface area (Å²) in [6, 6.07) is 0. The van der Waals surface area contributed by atoms with Crippen LogP contribution in [0.15, 0.2) is 0 Å². The number of ether oxygens (including phenoxy) is 1. The largest absolute Gasteiger partial charge is 0.475 e. The molecule has 8 heteroatoms. The summed E-state index contributed by atoms with van der Waals surface area (Å²) < 4.78 is 3.57. The molecule has 0 bridgehead atoms. The lowest BCUT2D eigenvalue weighted by Crippen LogP contribution is -2.24. The van der Waals surface area contributed by atoms with Crippen LogP contribution < -0.4 is 0 Å². The van der Waals surface area contributed by atoms with Crippen molar-refractivity contribution in [2.45, 2.75) is 6.42 Å². The quantitative estimate of drug-likeness (QED) is 0.311. The lowest BCUT2D eigenvalue weighted by Gasteiger charge is -1.96. The van der Waals surface area contributed by atoms with Crippen LogP contribution in [-0.4, -0.2) is 39.9 Å². The molecule has 0 aliphatic heterocycles. The Hall–Kier alpha value is -2.25. The average Bonchev–Trinajstić information content (AvgIpc) is 2.03. The van der Waals surface area contributed by atoms with E-state index in [0.29, 0.717) is 0 Å². The van der Waals surface area contributed by atoms with E-state index in [4.69, 9.17) is 10.2 Å². The minimum Gasteiger partial charge on any atom is -0.475 e. The van der Waals surface area contributed by atoms with Crippen molar-refractivity contribution in [1.82, 2.24) is 0 Å². The summed E-state index contributed by atoms with van der Waals surface area (Å²) in [6.45, 7) is 0. The van der Waals surface area contributed by atoms with E-state index >= 15 is 0 Å². The maximum absolute atomic E-state index is 10.5. The van der Waals surface area contributed by atoms with Crippen LogP contribution in [0.2, 0.25) is 0 Å². The smallest absolute Gasteiger partial charge is 0.424 e. The van der Waals surface area contributed by atoms with Crippen molar-refractivity contribution in [3.8, 4) is 0 Å². The molecular formula is C6H4O8. The number of esters is 2. The van der Waals surface area contributed by atoms with E-state index in [9.17, 15) is 24.0 Å². The van der Waals surface area contributed by atoms with Crippen molar-refractivity contribution >= 4 is 29.7 Å². The molecule has 0 aromatic heterocycles. The lowest BCUT2D eigenvalue weighted by atomic mass is 10.3. The van der Waals surface area contributed by atoms with Gasteiger partial charge in [-0.15, -0.1) is 0 Å². The van der Waals surface area contributed by atoms with Crippen molar-refractivity contribution < 1.29 is 38.9 Å². The minimum absolute atomic E-state index is 1.19. The first-order chi connectivity index (χ1) is 6.34. The predicted molar refractivity (Wildman–Crippen MR) is 36.0 cm³/mol. The molecule has 0 spiro atoms. The van der Waals surface area contributed by atoms with Gasteiger partial charge in [-0.25, -0.2) is 14.4 Å². The zero-order valence-electron chi connectivity index (χ0n) is 6.55. The standard InChI is InChI=1S/C6H4O8/c7-2(4(9)10)1-3(8)14-6(13)5(11)12/h1H2,(H,9,10)(H,11,12). The zero-order valence-corrected chi connectivity index (χ0v) is 6.55. The Morgan fingerprint density at radius 2 is 1.43 bits per heavy atom. The number of hydrogen-bond acceptors (Lipinski definition) is 6. The molecular weight excluding hydrogens is 200 g/mol. The fourth-order valence-electron chi connectivity index (χ4n) is 0.390. The van der Waals surface area contributed by atoms with Crippen molar-refractivity contribution in [1.29, 1.82) is 0 Å². The summed E-state index contributed by atoms with van der Waals surface area (Å²) in [5.74, 6) is -8.77. The molecule has 0 aliphatic carbocycles. The van der Waals surface area contributed by atoms with E-state index in [1.54, 1.807) is 0 Å². The predicted octanol–water partition coefficient (Wildman–Crippen LogP) is -1.82. The van der Waals surface area contributed by atoms with Gasteiger partial charge in [-0.1, -0.05) is 0 Å². The van der Waals surface area contributed by atoms with Gasteiger partial charge in [-0.2, -0.15) is 0 Å². The van der Waals surface area contributed by atoms with Crippen molar-refractivity contribution in [3.63, 3.8) is 0 Å². The van der Waals surface area contributed by atoms with Crippen LogP contribution in [0.25, 0.3) is 0 Å². The van der Waals surface area contributed by atoms with Crippen LogP contribution in [0.4, 0.5) is 0 Å². The molecule has 76 valence electrons. The number of carbonyl (C=O) groups excluding carboxylic acids is 3. The van der Waals surface area contributed by atoms with Gasteiger partial charge in [-0.05, 0) is 0 Å². The van der Waals surface area contributed by atoms with Gasteiger partial charge in [0, 0.05) is 0 Å². The Morgan fingerprint density at radius 1 is 0.929 bits per heavy atom. The first-order valence-electron chi connectivity index (χ1n) is 3.08. The summed E-state index contributed by atoms with van der Waals surface area (Å²) in [6.07, 6.45) is -1.19. The van der Waals surface area contributed by atoms with Crippen LogP contribution in [0.3, 0.4) is 0 Å². The number of carboxylic acid groups (broad SMARTS) is 2. The second-order valence-corrected chi connectivity index (χ2v) is 1.97. The van der Waals surface area contributed by atoms with E-state index in [-0.39, 0.29) is 0 Å². The van der Waals surface area contributed by atoms with E-state index in [1.165, 1.54) is 0 Å². The molecule has 0 saturated heterocycles. The van der Waals surface area contributed by atoms with Crippen LogP contribution >= 0.6 is 0 Å². The molecule has 0 rings (SSSR count). The number of carboxylic acids is 2. The highest BCUT2D eigenvalue weighted by molar-refractivity contribution is 6.37. The zero-order chi connectivity index (χ0) is 11.3.